The SMILES string of the molecule is CCCn1cc([C@H](N)CC(=O)O)cn1. The molecular formula is C9H15N3O2. The minimum Gasteiger partial charge on any atom is -0.481 e. The Morgan fingerprint density at radius 2 is 2.50 bits per heavy atom. The monoisotopic (exact) mass is 197 g/mol. The van der Waals surface area contributed by atoms with Crippen molar-refractivity contribution < 1.29 is 9.90 Å². The predicted molar refractivity (Wildman–Crippen MR) is 51.7 cm³/mol. The molecule has 0 saturated heterocycles. The molecule has 0 aliphatic heterocycles. The molecule has 0 aliphatic rings. The Labute approximate surface area is 82.5 Å². The molecule has 0 radical (unpaired) electrons. The molecule has 0 fully saturated rings. The van der Waals surface area contributed by atoms with Crippen molar-refractivity contribution in [1.29, 1.82) is 0 Å². The van der Waals surface area contributed by atoms with Gasteiger partial charge in [-0.1, -0.05) is 6.92 Å². The van der Waals surface area contributed by atoms with Gasteiger partial charge < -0.3 is 10.8 Å². The van der Waals surface area contributed by atoms with Gasteiger partial charge in [0.05, 0.1) is 12.6 Å². The number of hydrogen-bond donors (Lipinski definition) is 2. The van der Waals surface area contributed by atoms with Gasteiger partial charge in [0.15, 0.2) is 0 Å². The fourth-order valence-electron chi connectivity index (χ4n) is 1.23. The standard InChI is InChI=1S/C9H15N3O2/c1-2-3-12-6-7(5-11-12)8(10)4-9(13)14/h5-6,8H,2-4,10H2,1H3,(H,13,14)/t8-/m1/s1. The van der Waals surface area contributed by atoms with Crippen LogP contribution in [-0.2, 0) is 11.3 Å². The molecule has 1 rings (SSSR count). The zero-order valence-corrected chi connectivity index (χ0v) is 8.18. The molecule has 0 amide bonds. The number of nitrogens with two attached hydrogens (primary N) is 1. The van der Waals surface area contributed by atoms with Crippen LogP contribution in [0.25, 0.3) is 0 Å². The number of aromatic nitrogens is 2. The Hall–Kier alpha value is -1.36. The van der Waals surface area contributed by atoms with Crippen molar-refractivity contribution in [1.82, 2.24) is 9.78 Å². The molecule has 0 spiro atoms. The summed E-state index contributed by atoms with van der Waals surface area (Å²) in [5.74, 6) is -0.888. The van der Waals surface area contributed by atoms with E-state index in [2.05, 4.69) is 12.0 Å². The summed E-state index contributed by atoms with van der Waals surface area (Å²) in [5.41, 5.74) is 6.45. The van der Waals surface area contributed by atoms with E-state index in [1.807, 2.05) is 0 Å². The average molecular weight is 197 g/mol. The highest BCUT2D eigenvalue weighted by molar-refractivity contribution is 5.67. The van der Waals surface area contributed by atoms with E-state index in [1.54, 1.807) is 17.1 Å². The molecular weight excluding hydrogens is 182 g/mol. The Morgan fingerprint density at radius 1 is 1.79 bits per heavy atom. The van der Waals surface area contributed by atoms with E-state index < -0.39 is 12.0 Å². The van der Waals surface area contributed by atoms with Gasteiger partial charge in [0.2, 0.25) is 0 Å². The number of carbonyl (C=O) groups is 1. The fraction of sp³-hybridized carbons (Fsp3) is 0.556. The summed E-state index contributed by atoms with van der Waals surface area (Å²) >= 11 is 0. The lowest BCUT2D eigenvalue weighted by atomic mass is 10.1. The van der Waals surface area contributed by atoms with E-state index in [1.165, 1.54) is 0 Å². The van der Waals surface area contributed by atoms with Gasteiger partial charge >= 0.3 is 5.97 Å². The zero-order chi connectivity index (χ0) is 10.6. The number of hydrogen-bond acceptors (Lipinski definition) is 3. The molecule has 1 aromatic rings. The van der Waals surface area contributed by atoms with Crippen molar-refractivity contribution >= 4 is 5.97 Å². The smallest absolute Gasteiger partial charge is 0.305 e. The van der Waals surface area contributed by atoms with Gasteiger partial charge in [-0.2, -0.15) is 5.10 Å². The Bertz CT molecular complexity index is 309. The first-order valence-corrected chi connectivity index (χ1v) is 4.63. The number of aliphatic carboxylic acids is 1. The molecule has 0 saturated carbocycles. The second-order valence-electron chi connectivity index (χ2n) is 3.24. The van der Waals surface area contributed by atoms with Crippen molar-refractivity contribution in [2.45, 2.75) is 32.4 Å². The fourth-order valence-corrected chi connectivity index (χ4v) is 1.23. The van der Waals surface area contributed by atoms with Crippen molar-refractivity contribution in [3.63, 3.8) is 0 Å². The summed E-state index contributed by atoms with van der Waals surface area (Å²) < 4.78 is 1.77. The first-order chi connectivity index (χ1) is 6.63. The highest BCUT2D eigenvalue weighted by atomic mass is 16.4. The molecule has 1 heterocycles. The van der Waals surface area contributed by atoms with Crippen molar-refractivity contribution in [3.05, 3.63) is 18.0 Å². The Kier molecular flexibility index (Phi) is 3.64. The number of carboxylic acid groups (broad SMARTS) is 1. The third kappa shape index (κ3) is 2.85. The van der Waals surface area contributed by atoms with E-state index in [4.69, 9.17) is 10.8 Å². The third-order valence-electron chi connectivity index (χ3n) is 1.93. The van der Waals surface area contributed by atoms with Crippen LogP contribution in [0.2, 0.25) is 0 Å². The van der Waals surface area contributed by atoms with Crippen LogP contribution < -0.4 is 5.73 Å². The van der Waals surface area contributed by atoms with E-state index in [-0.39, 0.29) is 6.42 Å². The van der Waals surface area contributed by atoms with E-state index >= 15 is 0 Å². The predicted octanol–water partition coefficient (Wildman–Crippen LogP) is 0.768. The average Bonchev–Trinajstić information content (AvgIpc) is 2.52. The first-order valence-electron chi connectivity index (χ1n) is 4.63. The molecule has 3 N–H and O–H groups in total. The maximum Gasteiger partial charge on any atom is 0.305 e. The van der Waals surface area contributed by atoms with Gasteiger partial charge in [-0.05, 0) is 6.42 Å². The van der Waals surface area contributed by atoms with E-state index in [0.717, 1.165) is 18.5 Å². The third-order valence-corrected chi connectivity index (χ3v) is 1.93. The van der Waals surface area contributed by atoms with Gasteiger partial charge in [0.25, 0.3) is 0 Å². The second-order valence-corrected chi connectivity index (χ2v) is 3.24. The van der Waals surface area contributed by atoms with Crippen LogP contribution in [-0.4, -0.2) is 20.9 Å². The van der Waals surface area contributed by atoms with Crippen LogP contribution in [0.4, 0.5) is 0 Å². The lowest BCUT2D eigenvalue weighted by Crippen LogP contribution is -2.14. The highest BCUT2D eigenvalue weighted by Crippen LogP contribution is 2.12. The van der Waals surface area contributed by atoms with Crippen LogP contribution >= 0.6 is 0 Å². The number of carboxylic acids is 1. The maximum atomic E-state index is 10.4. The molecule has 0 aromatic carbocycles. The summed E-state index contributed by atoms with van der Waals surface area (Å²) in [6.45, 7) is 2.89. The zero-order valence-electron chi connectivity index (χ0n) is 8.18. The number of rotatable bonds is 5. The second kappa shape index (κ2) is 4.76. The summed E-state index contributed by atoms with van der Waals surface area (Å²) in [7, 11) is 0. The molecule has 5 heteroatoms. The number of aryl methyl sites for hydroxylation is 1. The molecule has 0 bridgehead atoms. The summed E-state index contributed by atoms with van der Waals surface area (Å²) in [5, 5.41) is 12.6. The molecule has 5 nitrogen and oxygen atoms in total. The van der Waals surface area contributed by atoms with E-state index in [0.29, 0.717) is 0 Å². The topological polar surface area (TPSA) is 81.1 Å². The van der Waals surface area contributed by atoms with Gasteiger partial charge in [-0.25, -0.2) is 0 Å². The molecule has 1 aromatic heterocycles. The molecule has 78 valence electrons. The van der Waals surface area contributed by atoms with Crippen molar-refractivity contribution in [3.8, 4) is 0 Å². The van der Waals surface area contributed by atoms with Crippen LogP contribution in [0.5, 0.6) is 0 Å². The quantitative estimate of drug-likeness (QED) is 0.730. The van der Waals surface area contributed by atoms with Gasteiger partial charge in [0.1, 0.15) is 0 Å². The van der Waals surface area contributed by atoms with Crippen molar-refractivity contribution in [2.24, 2.45) is 5.73 Å². The van der Waals surface area contributed by atoms with Crippen LogP contribution in [0, 0.1) is 0 Å². The van der Waals surface area contributed by atoms with Crippen LogP contribution in [0.3, 0.4) is 0 Å². The maximum absolute atomic E-state index is 10.4. The Morgan fingerprint density at radius 3 is 3.07 bits per heavy atom. The van der Waals surface area contributed by atoms with Gasteiger partial charge in [-0.15, -0.1) is 0 Å². The number of nitrogens with zero attached hydrogens (tertiary/aromatic N) is 2. The molecule has 0 aliphatic carbocycles. The lowest BCUT2D eigenvalue weighted by Gasteiger charge is -2.04. The Balaban J connectivity index is 2.61. The summed E-state index contributed by atoms with van der Waals surface area (Å²) in [6.07, 6.45) is 4.37. The lowest BCUT2D eigenvalue weighted by molar-refractivity contribution is -0.137. The largest absolute Gasteiger partial charge is 0.481 e. The van der Waals surface area contributed by atoms with Gasteiger partial charge in [-0.3, -0.25) is 9.48 Å². The van der Waals surface area contributed by atoms with E-state index in [9.17, 15) is 4.79 Å². The first kappa shape index (κ1) is 10.7. The molecule has 0 unspecified atom stereocenters. The molecule has 1 atom stereocenters. The normalized spacial score (nSPS) is 12.7. The summed E-state index contributed by atoms with van der Waals surface area (Å²) in [6, 6.07) is -0.460. The summed E-state index contributed by atoms with van der Waals surface area (Å²) in [4.78, 5) is 10.4. The van der Waals surface area contributed by atoms with Crippen molar-refractivity contribution in [2.75, 3.05) is 0 Å². The highest BCUT2D eigenvalue weighted by Gasteiger charge is 2.12. The molecule has 14 heavy (non-hydrogen) atoms. The van der Waals surface area contributed by atoms with Crippen LogP contribution in [0.1, 0.15) is 31.4 Å². The van der Waals surface area contributed by atoms with Gasteiger partial charge in [0, 0.05) is 24.3 Å². The minimum absolute atomic E-state index is 0.0577. The minimum atomic E-state index is -0.888. The van der Waals surface area contributed by atoms with Crippen LogP contribution in [0.15, 0.2) is 12.4 Å².